The number of benzene rings is 2. The van der Waals surface area contributed by atoms with Crippen LogP contribution in [0.2, 0.25) is 0 Å². The number of halogens is 1. The summed E-state index contributed by atoms with van der Waals surface area (Å²) < 4.78 is 18.9. The number of hydrogen-bond acceptors (Lipinski definition) is 2. The van der Waals surface area contributed by atoms with Crippen molar-refractivity contribution in [3.8, 4) is 5.75 Å². The van der Waals surface area contributed by atoms with Crippen LogP contribution in [0.3, 0.4) is 0 Å². The Morgan fingerprint density at radius 1 is 1.30 bits per heavy atom. The van der Waals surface area contributed by atoms with Gasteiger partial charge in [0, 0.05) is 19.0 Å². The lowest BCUT2D eigenvalue weighted by Gasteiger charge is -2.04. The van der Waals surface area contributed by atoms with E-state index in [1.165, 1.54) is 17.7 Å². The molecule has 0 saturated carbocycles. The Morgan fingerprint density at radius 3 is 3.00 bits per heavy atom. The molecule has 1 amide bonds. The number of aryl methyl sites for hydroxylation is 1. The second-order valence-corrected chi connectivity index (χ2v) is 5.60. The highest BCUT2D eigenvalue weighted by Gasteiger charge is 2.11. The molecular formula is C19H18FNO2. The molecule has 0 aromatic heterocycles. The molecule has 0 aliphatic carbocycles. The van der Waals surface area contributed by atoms with Gasteiger partial charge in [0.15, 0.2) is 0 Å². The van der Waals surface area contributed by atoms with Crippen LogP contribution in [0.25, 0.3) is 6.08 Å². The van der Waals surface area contributed by atoms with E-state index in [-0.39, 0.29) is 11.7 Å². The van der Waals surface area contributed by atoms with Crippen LogP contribution in [0.5, 0.6) is 5.75 Å². The molecule has 3 rings (SSSR count). The molecule has 0 atom stereocenters. The van der Waals surface area contributed by atoms with E-state index in [0.717, 1.165) is 29.9 Å². The van der Waals surface area contributed by atoms with Gasteiger partial charge in [0.25, 0.3) is 0 Å². The van der Waals surface area contributed by atoms with Crippen molar-refractivity contribution in [1.82, 2.24) is 5.32 Å². The number of fused-ring (bicyclic) bond motifs is 1. The summed E-state index contributed by atoms with van der Waals surface area (Å²) in [5.41, 5.74) is 3.47. The minimum Gasteiger partial charge on any atom is -0.493 e. The number of carbonyl (C=O) groups excluding carboxylic acids is 1. The van der Waals surface area contributed by atoms with E-state index >= 15 is 0 Å². The van der Waals surface area contributed by atoms with Crippen molar-refractivity contribution in [3.05, 3.63) is 70.5 Å². The van der Waals surface area contributed by atoms with Crippen LogP contribution in [-0.2, 0) is 17.8 Å². The van der Waals surface area contributed by atoms with Gasteiger partial charge in [-0.3, -0.25) is 4.79 Å². The fourth-order valence-electron chi connectivity index (χ4n) is 2.48. The van der Waals surface area contributed by atoms with Crippen LogP contribution in [0.1, 0.15) is 22.3 Å². The van der Waals surface area contributed by atoms with Gasteiger partial charge >= 0.3 is 0 Å². The summed E-state index contributed by atoms with van der Waals surface area (Å²) in [5, 5.41) is 2.75. The zero-order valence-electron chi connectivity index (χ0n) is 12.9. The summed E-state index contributed by atoms with van der Waals surface area (Å²) in [6.07, 6.45) is 4.16. The Morgan fingerprint density at radius 2 is 2.17 bits per heavy atom. The average Bonchev–Trinajstić information content (AvgIpc) is 3.01. The number of nitrogens with one attached hydrogen (secondary N) is 1. The van der Waals surface area contributed by atoms with E-state index in [1.54, 1.807) is 19.1 Å². The summed E-state index contributed by atoms with van der Waals surface area (Å²) in [6.45, 7) is 2.73. The third-order valence-electron chi connectivity index (χ3n) is 3.84. The second kappa shape index (κ2) is 6.65. The van der Waals surface area contributed by atoms with E-state index in [4.69, 9.17) is 4.74 Å². The van der Waals surface area contributed by atoms with Crippen molar-refractivity contribution in [2.45, 2.75) is 19.9 Å². The van der Waals surface area contributed by atoms with Gasteiger partial charge in [0.1, 0.15) is 11.6 Å². The predicted molar refractivity (Wildman–Crippen MR) is 87.7 cm³/mol. The van der Waals surface area contributed by atoms with Crippen LogP contribution in [0.15, 0.2) is 42.5 Å². The molecule has 2 aromatic rings. The summed E-state index contributed by atoms with van der Waals surface area (Å²) in [4.78, 5) is 11.9. The van der Waals surface area contributed by atoms with E-state index < -0.39 is 0 Å². The summed E-state index contributed by atoms with van der Waals surface area (Å²) in [7, 11) is 0. The van der Waals surface area contributed by atoms with Gasteiger partial charge in [-0.25, -0.2) is 4.39 Å². The van der Waals surface area contributed by atoms with Gasteiger partial charge in [0.05, 0.1) is 6.61 Å². The van der Waals surface area contributed by atoms with Gasteiger partial charge in [-0.1, -0.05) is 18.2 Å². The van der Waals surface area contributed by atoms with Gasteiger partial charge in [-0.05, 0) is 53.5 Å². The van der Waals surface area contributed by atoms with Crippen molar-refractivity contribution in [3.63, 3.8) is 0 Å². The Hall–Kier alpha value is -2.62. The molecule has 0 spiro atoms. The highest BCUT2D eigenvalue weighted by molar-refractivity contribution is 5.91. The van der Waals surface area contributed by atoms with Gasteiger partial charge < -0.3 is 10.1 Å². The van der Waals surface area contributed by atoms with Crippen LogP contribution < -0.4 is 10.1 Å². The molecule has 0 fully saturated rings. The number of hydrogen-bond donors (Lipinski definition) is 1. The normalized spacial score (nSPS) is 13.0. The molecule has 2 aromatic carbocycles. The van der Waals surface area contributed by atoms with Crippen LogP contribution in [-0.4, -0.2) is 12.5 Å². The van der Waals surface area contributed by atoms with Crippen LogP contribution in [0.4, 0.5) is 4.39 Å². The SMILES string of the molecule is Cc1ccc(CNC(=O)/C=C/c2ccc3c(c2)CCO3)cc1F. The number of ether oxygens (including phenoxy) is 1. The quantitative estimate of drug-likeness (QED) is 0.879. The van der Waals surface area contributed by atoms with Crippen molar-refractivity contribution < 1.29 is 13.9 Å². The number of rotatable bonds is 4. The molecule has 118 valence electrons. The van der Waals surface area contributed by atoms with Crippen molar-refractivity contribution in [1.29, 1.82) is 0 Å². The Bertz CT molecular complexity index is 768. The molecule has 1 heterocycles. The number of carbonyl (C=O) groups is 1. The fraction of sp³-hybridized carbons (Fsp3) is 0.211. The highest BCUT2D eigenvalue weighted by atomic mass is 19.1. The maximum atomic E-state index is 13.4. The lowest BCUT2D eigenvalue weighted by Crippen LogP contribution is -2.20. The molecule has 1 aliphatic rings. The van der Waals surface area contributed by atoms with E-state index in [9.17, 15) is 9.18 Å². The third-order valence-corrected chi connectivity index (χ3v) is 3.84. The minimum absolute atomic E-state index is 0.206. The first kappa shape index (κ1) is 15.3. The minimum atomic E-state index is -0.257. The van der Waals surface area contributed by atoms with E-state index in [0.29, 0.717) is 12.1 Å². The van der Waals surface area contributed by atoms with Crippen LogP contribution >= 0.6 is 0 Å². The molecule has 0 unspecified atom stereocenters. The molecule has 23 heavy (non-hydrogen) atoms. The largest absolute Gasteiger partial charge is 0.493 e. The molecule has 0 bridgehead atoms. The smallest absolute Gasteiger partial charge is 0.244 e. The maximum Gasteiger partial charge on any atom is 0.244 e. The first-order valence-electron chi connectivity index (χ1n) is 7.58. The van der Waals surface area contributed by atoms with Crippen LogP contribution in [0, 0.1) is 12.7 Å². The first-order valence-corrected chi connectivity index (χ1v) is 7.58. The van der Waals surface area contributed by atoms with Gasteiger partial charge in [-0.2, -0.15) is 0 Å². The standard InChI is InChI=1S/C19H18FNO2/c1-13-2-3-15(11-17(13)20)12-21-19(22)7-5-14-4-6-18-16(10-14)8-9-23-18/h2-7,10-11H,8-9,12H2,1H3,(H,21,22)/b7-5+. The topological polar surface area (TPSA) is 38.3 Å². The van der Waals surface area contributed by atoms with E-state index in [1.807, 2.05) is 24.3 Å². The molecule has 0 saturated heterocycles. The Labute approximate surface area is 134 Å². The summed E-state index contributed by atoms with van der Waals surface area (Å²) in [6, 6.07) is 10.8. The lowest BCUT2D eigenvalue weighted by molar-refractivity contribution is -0.116. The summed E-state index contributed by atoms with van der Waals surface area (Å²) >= 11 is 0. The molecule has 1 N–H and O–H groups in total. The molecule has 4 heteroatoms. The van der Waals surface area contributed by atoms with Gasteiger partial charge in [-0.15, -0.1) is 0 Å². The Kier molecular flexibility index (Phi) is 4.42. The van der Waals surface area contributed by atoms with Crippen molar-refractivity contribution in [2.75, 3.05) is 6.61 Å². The molecule has 0 radical (unpaired) electrons. The van der Waals surface area contributed by atoms with E-state index in [2.05, 4.69) is 5.32 Å². The fourth-order valence-corrected chi connectivity index (χ4v) is 2.48. The monoisotopic (exact) mass is 311 g/mol. The second-order valence-electron chi connectivity index (χ2n) is 5.60. The Balaban J connectivity index is 1.57. The molecule has 3 nitrogen and oxygen atoms in total. The molecular weight excluding hydrogens is 293 g/mol. The van der Waals surface area contributed by atoms with Gasteiger partial charge in [0.2, 0.25) is 5.91 Å². The zero-order valence-corrected chi connectivity index (χ0v) is 12.9. The summed E-state index contributed by atoms with van der Waals surface area (Å²) in [5.74, 6) is 0.461. The first-order chi connectivity index (χ1) is 11.1. The third kappa shape index (κ3) is 3.77. The zero-order chi connectivity index (χ0) is 16.2. The maximum absolute atomic E-state index is 13.4. The van der Waals surface area contributed by atoms with Crippen molar-refractivity contribution in [2.24, 2.45) is 0 Å². The average molecular weight is 311 g/mol. The van der Waals surface area contributed by atoms with Crippen molar-refractivity contribution >= 4 is 12.0 Å². The lowest BCUT2D eigenvalue weighted by atomic mass is 10.1. The predicted octanol–water partition coefficient (Wildman–Crippen LogP) is 3.40. The highest BCUT2D eigenvalue weighted by Crippen LogP contribution is 2.26. The molecule has 1 aliphatic heterocycles. The number of amides is 1.